The lowest BCUT2D eigenvalue weighted by Gasteiger charge is -2.12. The van der Waals surface area contributed by atoms with Crippen molar-refractivity contribution in [3.63, 3.8) is 0 Å². The Labute approximate surface area is 132 Å². The van der Waals surface area contributed by atoms with Crippen molar-refractivity contribution >= 4 is 17.3 Å². The van der Waals surface area contributed by atoms with Crippen LogP contribution in [0, 0.1) is 5.92 Å². The fourth-order valence-electron chi connectivity index (χ4n) is 1.87. The summed E-state index contributed by atoms with van der Waals surface area (Å²) in [5.74, 6) is 3.02. The Bertz CT molecular complexity index is 581. The number of ether oxygens (including phenoxy) is 1. The summed E-state index contributed by atoms with van der Waals surface area (Å²) < 4.78 is 5.63. The molecule has 2 rings (SSSR count). The average Bonchev–Trinajstić information content (AvgIpc) is 2.47. The molecule has 1 aromatic carbocycles. The van der Waals surface area contributed by atoms with E-state index in [0.717, 1.165) is 29.6 Å². The number of anilines is 3. The Morgan fingerprint density at radius 1 is 1.00 bits per heavy atom. The number of aromatic nitrogens is 2. The summed E-state index contributed by atoms with van der Waals surface area (Å²) in [4.78, 5) is 8.46. The molecule has 0 radical (unpaired) electrons. The van der Waals surface area contributed by atoms with Gasteiger partial charge in [0.05, 0.1) is 6.10 Å². The van der Waals surface area contributed by atoms with Gasteiger partial charge in [-0.25, -0.2) is 9.97 Å². The van der Waals surface area contributed by atoms with Gasteiger partial charge in [0.2, 0.25) is 0 Å². The maximum atomic E-state index is 5.63. The van der Waals surface area contributed by atoms with Gasteiger partial charge in [0.25, 0.3) is 0 Å². The molecule has 0 aliphatic rings. The van der Waals surface area contributed by atoms with Crippen molar-refractivity contribution in [2.75, 3.05) is 17.2 Å². The van der Waals surface area contributed by atoms with Crippen molar-refractivity contribution in [1.82, 2.24) is 9.97 Å². The fraction of sp³-hybridized carbons (Fsp3) is 0.412. The number of benzene rings is 1. The maximum Gasteiger partial charge on any atom is 0.135 e. The van der Waals surface area contributed by atoms with E-state index in [0.29, 0.717) is 5.92 Å². The van der Waals surface area contributed by atoms with Gasteiger partial charge in [0.15, 0.2) is 0 Å². The Morgan fingerprint density at radius 2 is 1.68 bits per heavy atom. The SMILES string of the molecule is CC(C)CNc1cc(Nc2ccc(OC(C)C)cc2)ncn1. The molecule has 118 valence electrons. The molecule has 22 heavy (non-hydrogen) atoms. The van der Waals surface area contributed by atoms with Crippen molar-refractivity contribution in [3.8, 4) is 5.75 Å². The van der Waals surface area contributed by atoms with Gasteiger partial charge >= 0.3 is 0 Å². The van der Waals surface area contributed by atoms with Crippen molar-refractivity contribution in [2.24, 2.45) is 5.92 Å². The highest BCUT2D eigenvalue weighted by molar-refractivity contribution is 5.59. The van der Waals surface area contributed by atoms with Crippen LogP contribution in [0.4, 0.5) is 17.3 Å². The number of hydrogen-bond donors (Lipinski definition) is 2. The molecule has 1 heterocycles. The molecule has 2 aromatic rings. The average molecular weight is 300 g/mol. The van der Waals surface area contributed by atoms with Gasteiger partial charge < -0.3 is 15.4 Å². The van der Waals surface area contributed by atoms with Crippen LogP contribution in [0.2, 0.25) is 0 Å². The summed E-state index contributed by atoms with van der Waals surface area (Å²) >= 11 is 0. The van der Waals surface area contributed by atoms with Crippen molar-refractivity contribution in [3.05, 3.63) is 36.7 Å². The zero-order valence-electron chi connectivity index (χ0n) is 13.6. The number of hydrogen-bond acceptors (Lipinski definition) is 5. The minimum absolute atomic E-state index is 0.176. The monoisotopic (exact) mass is 300 g/mol. The van der Waals surface area contributed by atoms with Crippen LogP contribution in [0.25, 0.3) is 0 Å². The van der Waals surface area contributed by atoms with Gasteiger partial charge in [-0.1, -0.05) is 13.8 Å². The van der Waals surface area contributed by atoms with Gasteiger partial charge in [0.1, 0.15) is 23.7 Å². The molecule has 0 saturated heterocycles. The third kappa shape index (κ3) is 5.24. The van der Waals surface area contributed by atoms with Gasteiger partial charge in [-0.3, -0.25) is 0 Å². The smallest absolute Gasteiger partial charge is 0.135 e. The predicted octanol–water partition coefficient (Wildman–Crippen LogP) is 4.08. The zero-order chi connectivity index (χ0) is 15.9. The lowest BCUT2D eigenvalue weighted by Crippen LogP contribution is -2.09. The second kappa shape index (κ2) is 7.64. The highest BCUT2D eigenvalue weighted by atomic mass is 16.5. The number of rotatable bonds is 7. The zero-order valence-corrected chi connectivity index (χ0v) is 13.6. The standard InChI is InChI=1S/C17H24N4O/c1-12(2)10-18-16-9-17(20-11-19-16)21-14-5-7-15(8-6-14)22-13(3)4/h5-9,11-13H,10H2,1-4H3,(H2,18,19,20,21). The van der Waals surface area contributed by atoms with Crippen LogP contribution < -0.4 is 15.4 Å². The topological polar surface area (TPSA) is 59.1 Å². The van der Waals surface area contributed by atoms with E-state index < -0.39 is 0 Å². The molecule has 1 aromatic heterocycles. The molecule has 0 spiro atoms. The Morgan fingerprint density at radius 3 is 2.32 bits per heavy atom. The van der Waals surface area contributed by atoms with Crippen LogP contribution in [0.3, 0.4) is 0 Å². The summed E-state index contributed by atoms with van der Waals surface area (Å²) in [6.07, 6.45) is 1.73. The molecule has 0 fully saturated rings. The molecule has 0 aliphatic carbocycles. The van der Waals surface area contributed by atoms with E-state index in [4.69, 9.17) is 4.74 Å². The molecular formula is C17H24N4O. The predicted molar refractivity (Wildman–Crippen MR) is 90.8 cm³/mol. The van der Waals surface area contributed by atoms with Crippen molar-refractivity contribution < 1.29 is 4.74 Å². The van der Waals surface area contributed by atoms with Gasteiger partial charge in [-0.2, -0.15) is 0 Å². The first-order valence-corrected chi connectivity index (χ1v) is 7.62. The lowest BCUT2D eigenvalue weighted by atomic mass is 10.2. The van der Waals surface area contributed by atoms with Crippen LogP contribution >= 0.6 is 0 Å². The molecular weight excluding hydrogens is 276 g/mol. The quantitative estimate of drug-likeness (QED) is 0.807. The highest BCUT2D eigenvalue weighted by Gasteiger charge is 2.02. The van der Waals surface area contributed by atoms with E-state index in [-0.39, 0.29) is 6.10 Å². The van der Waals surface area contributed by atoms with E-state index in [2.05, 4.69) is 34.4 Å². The summed E-state index contributed by atoms with van der Waals surface area (Å²) in [6.45, 7) is 9.23. The van der Waals surface area contributed by atoms with E-state index in [9.17, 15) is 0 Å². The number of nitrogens with zero attached hydrogens (tertiary/aromatic N) is 2. The van der Waals surface area contributed by atoms with Crippen LogP contribution in [-0.2, 0) is 0 Å². The third-order valence-corrected chi connectivity index (χ3v) is 2.86. The highest BCUT2D eigenvalue weighted by Crippen LogP contribution is 2.20. The first-order valence-electron chi connectivity index (χ1n) is 7.62. The maximum absolute atomic E-state index is 5.63. The lowest BCUT2D eigenvalue weighted by molar-refractivity contribution is 0.242. The molecule has 0 aliphatic heterocycles. The first kappa shape index (κ1) is 16.1. The largest absolute Gasteiger partial charge is 0.491 e. The molecule has 0 amide bonds. The van der Waals surface area contributed by atoms with Gasteiger partial charge in [-0.05, 0) is 44.0 Å². The molecule has 5 nitrogen and oxygen atoms in total. The molecule has 5 heteroatoms. The third-order valence-electron chi connectivity index (χ3n) is 2.86. The first-order chi connectivity index (χ1) is 10.5. The number of nitrogens with one attached hydrogen (secondary N) is 2. The van der Waals surface area contributed by atoms with Gasteiger partial charge in [-0.15, -0.1) is 0 Å². The van der Waals surface area contributed by atoms with Crippen LogP contribution in [-0.4, -0.2) is 22.6 Å². The van der Waals surface area contributed by atoms with Crippen LogP contribution in [0.5, 0.6) is 5.75 Å². The fourth-order valence-corrected chi connectivity index (χ4v) is 1.87. The van der Waals surface area contributed by atoms with E-state index in [1.54, 1.807) is 6.33 Å². The summed E-state index contributed by atoms with van der Waals surface area (Å²) in [5.41, 5.74) is 0.963. The van der Waals surface area contributed by atoms with Crippen molar-refractivity contribution in [2.45, 2.75) is 33.8 Å². The van der Waals surface area contributed by atoms with E-state index in [1.807, 2.05) is 44.2 Å². The van der Waals surface area contributed by atoms with Gasteiger partial charge in [0, 0.05) is 18.3 Å². The molecule has 0 unspecified atom stereocenters. The summed E-state index contributed by atoms with van der Waals surface area (Å²) in [6, 6.07) is 9.74. The van der Waals surface area contributed by atoms with Crippen LogP contribution in [0.15, 0.2) is 36.7 Å². The Kier molecular flexibility index (Phi) is 5.58. The van der Waals surface area contributed by atoms with E-state index in [1.165, 1.54) is 0 Å². The van der Waals surface area contributed by atoms with E-state index >= 15 is 0 Å². The minimum Gasteiger partial charge on any atom is -0.491 e. The summed E-state index contributed by atoms with van der Waals surface area (Å²) in [5, 5.41) is 6.56. The molecule has 0 saturated carbocycles. The Balaban J connectivity index is 1.99. The van der Waals surface area contributed by atoms with Crippen LogP contribution in [0.1, 0.15) is 27.7 Å². The molecule has 2 N–H and O–H groups in total. The molecule has 0 bridgehead atoms. The molecule has 0 atom stereocenters. The second-order valence-corrected chi connectivity index (χ2v) is 5.88. The normalized spacial score (nSPS) is 10.8. The van der Waals surface area contributed by atoms with Crippen molar-refractivity contribution in [1.29, 1.82) is 0 Å². The second-order valence-electron chi connectivity index (χ2n) is 5.88. The minimum atomic E-state index is 0.176. The Hall–Kier alpha value is -2.30. The summed E-state index contributed by atoms with van der Waals surface area (Å²) in [7, 11) is 0.